The largest absolute Gasteiger partial charge is 0.494 e. The summed E-state index contributed by atoms with van der Waals surface area (Å²) in [7, 11) is 2.00. The molecule has 1 atom stereocenters. The number of imidazole rings is 1. The summed E-state index contributed by atoms with van der Waals surface area (Å²) in [5, 5.41) is 11.6. The molecule has 404 valence electrons. The Labute approximate surface area is 433 Å². The molecule has 0 aliphatic heterocycles. The van der Waals surface area contributed by atoms with Crippen molar-refractivity contribution in [2.24, 2.45) is 14.1 Å². The predicted octanol–water partition coefficient (Wildman–Crippen LogP) is 4.81. The molecule has 0 radical (unpaired) electrons. The number of aryl methyl sites for hydroxylation is 4. The third-order valence-corrected chi connectivity index (χ3v) is 12.9. The number of nitrogens with one attached hydrogen (secondary N) is 5. The van der Waals surface area contributed by atoms with Crippen molar-refractivity contribution in [1.29, 1.82) is 0 Å². The minimum atomic E-state index is -4.31. The summed E-state index contributed by atoms with van der Waals surface area (Å²) < 4.78 is 64.2. The molecule has 0 bridgehead atoms. The number of anilines is 1. The number of aromatic nitrogens is 3. The van der Waals surface area contributed by atoms with Crippen molar-refractivity contribution in [3.8, 4) is 5.75 Å². The lowest BCUT2D eigenvalue weighted by Crippen LogP contribution is -2.49. The molecule has 0 spiro atoms. The molecule has 0 aliphatic carbocycles. The van der Waals surface area contributed by atoms with Gasteiger partial charge in [-0.1, -0.05) is 49.7 Å². The summed E-state index contributed by atoms with van der Waals surface area (Å²) in [6, 6.07) is 16.5. The molecular formula is C52H72N8O13S. The standard InChI is InChI=1S/C36H47N7O8S.C16H25NO5/c1-7-8-13-37-31(44)10-9-16-51-26-17-23(2)33(24(3)18-26)52(48,49)41-29(35(47)50-6)21-39-34(46)28-22-43(5)30-19-25(11-12-27(30)32(28)45)20-40-36-38-14-15-42(36)4;1-19-10-11-21-13-12-20-9-5-8-17-16(18)22-14-15-6-3-2-4-7-15/h11-12,14-15,17-19,22,29,41H,7-10,13,16,20-21H2,1-6H3,(H,37,44)(H,38,40)(H,39,46);2-4,6-7H,5,8-14H2,1H3,(H,17,18)/t29-;/m0./s1. The number of hydrogen-bond donors (Lipinski definition) is 5. The number of methoxy groups -OCH3 is 2. The number of fused-ring (bicyclic) bond motifs is 1. The van der Waals surface area contributed by atoms with Crippen LogP contribution in [0.5, 0.6) is 5.75 Å². The Morgan fingerprint density at radius 1 is 0.784 bits per heavy atom. The number of rotatable bonds is 30. The van der Waals surface area contributed by atoms with E-state index >= 15 is 0 Å². The number of sulfonamides is 1. The number of carbonyl (C=O) groups is 4. The van der Waals surface area contributed by atoms with Gasteiger partial charge in [0.15, 0.2) is 0 Å². The fourth-order valence-electron chi connectivity index (χ4n) is 7.30. The number of esters is 1. The molecule has 21 nitrogen and oxygen atoms in total. The van der Waals surface area contributed by atoms with Crippen molar-refractivity contribution < 1.29 is 56.0 Å². The highest BCUT2D eigenvalue weighted by molar-refractivity contribution is 7.89. The van der Waals surface area contributed by atoms with E-state index in [2.05, 4.69) is 31.0 Å². The Morgan fingerprint density at radius 3 is 2.16 bits per heavy atom. The number of carbonyl (C=O) groups excluding carboxylic acids is 4. The minimum Gasteiger partial charge on any atom is -0.494 e. The first-order valence-electron chi connectivity index (χ1n) is 24.4. The predicted molar refractivity (Wildman–Crippen MR) is 280 cm³/mol. The van der Waals surface area contributed by atoms with Crippen molar-refractivity contribution in [2.75, 3.05) is 78.8 Å². The smallest absolute Gasteiger partial charge is 0.407 e. The molecule has 74 heavy (non-hydrogen) atoms. The molecule has 5 aromatic rings. The average Bonchev–Trinajstić information content (AvgIpc) is 3.80. The normalized spacial score (nSPS) is 11.5. The van der Waals surface area contributed by atoms with E-state index in [4.69, 9.17) is 28.4 Å². The number of nitrogens with zero attached hydrogens (tertiary/aromatic N) is 3. The van der Waals surface area contributed by atoms with Crippen LogP contribution < -0.4 is 36.2 Å². The highest BCUT2D eigenvalue weighted by Crippen LogP contribution is 2.26. The fourth-order valence-corrected chi connectivity index (χ4v) is 8.94. The molecular weight excluding hydrogens is 977 g/mol. The van der Waals surface area contributed by atoms with E-state index in [1.54, 1.807) is 63.0 Å². The zero-order valence-electron chi connectivity index (χ0n) is 43.5. The second-order valence-electron chi connectivity index (χ2n) is 17.1. The van der Waals surface area contributed by atoms with Crippen LogP contribution in [0.1, 0.15) is 71.6 Å². The van der Waals surface area contributed by atoms with Gasteiger partial charge in [-0.2, -0.15) is 4.72 Å². The lowest BCUT2D eigenvalue weighted by Gasteiger charge is -2.20. The third kappa shape index (κ3) is 19.9. The molecule has 2 aromatic heterocycles. The Kier molecular flexibility index (Phi) is 25.6. The first kappa shape index (κ1) is 59.7. The third-order valence-electron chi connectivity index (χ3n) is 11.1. The summed E-state index contributed by atoms with van der Waals surface area (Å²) in [4.78, 5) is 67.0. The second kappa shape index (κ2) is 31.7. The lowest BCUT2D eigenvalue weighted by atomic mass is 10.1. The van der Waals surface area contributed by atoms with E-state index in [1.807, 2.05) is 61.1 Å². The van der Waals surface area contributed by atoms with E-state index in [0.29, 0.717) is 99.2 Å². The SMILES string of the molecule is CCCCNC(=O)CCCOc1cc(C)c(S(=O)(=O)N[C@@H](CNC(=O)c2cn(C)c3cc(CNc4nccn4C)ccc3c2=O)C(=O)OC)c(C)c1.COCCOCCOCCCNC(=O)OCc1ccccc1. The monoisotopic (exact) mass is 1050 g/mol. The van der Waals surface area contributed by atoms with Crippen molar-refractivity contribution in [3.63, 3.8) is 0 Å². The van der Waals surface area contributed by atoms with Crippen LogP contribution in [-0.2, 0) is 70.5 Å². The molecule has 22 heteroatoms. The molecule has 0 saturated carbocycles. The second-order valence-corrected chi connectivity index (χ2v) is 18.7. The van der Waals surface area contributed by atoms with Crippen molar-refractivity contribution in [1.82, 2.24) is 34.8 Å². The number of hydrogen-bond acceptors (Lipinski definition) is 15. The highest BCUT2D eigenvalue weighted by Gasteiger charge is 2.30. The van der Waals surface area contributed by atoms with Crippen LogP contribution in [0, 0.1) is 13.8 Å². The van der Waals surface area contributed by atoms with Crippen LogP contribution in [0.25, 0.3) is 10.9 Å². The fraction of sp³-hybridized carbons (Fsp3) is 0.462. The Hall–Kier alpha value is -6.85. The number of alkyl carbamates (subject to hydrolysis) is 1. The Bertz CT molecular complexity index is 2730. The van der Waals surface area contributed by atoms with Gasteiger partial charge in [-0.25, -0.2) is 18.2 Å². The van der Waals surface area contributed by atoms with Crippen molar-refractivity contribution >= 4 is 50.8 Å². The van der Waals surface area contributed by atoms with Crippen LogP contribution in [-0.4, -0.2) is 126 Å². The van der Waals surface area contributed by atoms with E-state index in [9.17, 15) is 32.4 Å². The summed E-state index contributed by atoms with van der Waals surface area (Å²) >= 11 is 0. The van der Waals surface area contributed by atoms with Gasteiger partial charge >= 0.3 is 12.1 Å². The van der Waals surface area contributed by atoms with Crippen LogP contribution in [0.15, 0.2) is 88.9 Å². The van der Waals surface area contributed by atoms with Gasteiger partial charge in [0.25, 0.3) is 5.91 Å². The number of amides is 3. The van der Waals surface area contributed by atoms with Gasteiger partial charge < -0.3 is 58.8 Å². The average molecular weight is 1050 g/mol. The van der Waals surface area contributed by atoms with E-state index in [0.717, 1.165) is 37.5 Å². The van der Waals surface area contributed by atoms with Gasteiger partial charge in [-0.15, -0.1) is 0 Å². The molecule has 0 unspecified atom stereocenters. The first-order chi connectivity index (χ1) is 35.6. The summed E-state index contributed by atoms with van der Waals surface area (Å²) in [5.74, 6) is -0.645. The first-order valence-corrected chi connectivity index (χ1v) is 25.9. The highest BCUT2D eigenvalue weighted by atomic mass is 32.2. The van der Waals surface area contributed by atoms with Gasteiger partial charge in [-0.3, -0.25) is 19.2 Å². The van der Waals surface area contributed by atoms with Crippen molar-refractivity contribution in [3.05, 3.63) is 117 Å². The maximum absolute atomic E-state index is 13.6. The number of pyridine rings is 1. The van der Waals surface area contributed by atoms with Gasteiger partial charge in [0, 0.05) is 84.4 Å². The molecule has 0 saturated heterocycles. The maximum atomic E-state index is 13.6. The molecule has 5 N–H and O–H groups in total. The topological polar surface area (TPSA) is 258 Å². The molecule has 5 rings (SSSR count). The summed E-state index contributed by atoms with van der Waals surface area (Å²) in [6.07, 6.45) is 7.93. The Morgan fingerprint density at radius 2 is 1.49 bits per heavy atom. The summed E-state index contributed by atoms with van der Waals surface area (Å²) in [5.41, 5.74) is 2.49. The maximum Gasteiger partial charge on any atom is 0.407 e. The Balaban J connectivity index is 0.000000450. The number of unbranched alkanes of at least 4 members (excludes halogenated alkanes) is 1. The zero-order valence-corrected chi connectivity index (χ0v) is 44.3. The van der Waals surface area contributed by atoms with Crippen LogP contribution in [0.3, 0.4) is 0 Å². The number of benzene rings is 3. The molecule has 0 aliphatic rings. The van der Waals surface area contributed by atoms with E-state index in [-0.39, 0.29) is 29.6 Å². The van der Waals surface area contributed by atoms with E-state index < -0.39 is 46.0 Å². The molecule has 0 fully saturated rings. The number of ether oxygens (including phenoxy) is 6. The van der Waals surface area contributed by atoms with Crippen LogP contribution >= 0.6 is 0 Å². The van der Waals surface area contributed by atoms with Gasteiger partial charge in [-0.05, 0) is 79.6 Å². The van der Waals surface area contributed by atoms with Gasteiger partial charge in [0.05, 0.1) is 50.6 Å². The van der Waals surface area contributed by atoms with Crippen LogP contribution in [0.2, 0.25) is 0 Å². The van der Waals surface area contributed by atoms with Gasteiger partial charge in [0.2, 0.25) is 27.3 Å². The molecule has 2 heterocycles. The van der Waals surface area contributed by atoms with Gasteiger partial charge in [0.1, 0.15) is 24.0 Å². The lowest BCUT2D eigenvalue weighted by molar-refractivity contribution is -0.142. The molecule has 3 amide bonds. The summed E-state index contributed by atoms with van der Waals surface area (Å²) in [6.45, 7) is 9.76. The van der Waals surface area contributed by atoms with E-state index in [1.165, 1.54) is 6.20 Å². The zero-order chi connectivity index (χ0) is 53.9. The van der Waals surface area contributed by atoms with Crippen molar-refractivity contribution in [2.45, 2.75) is 77.0 Å². The minimum absolute atomic E-state index is 0.0481. The quantitative estimate of drug-likeness (QED) is 0.0306. The molecule has 3 aromatic carbocycles. The van der Waals surface area contributed by atoms with Crippen LogP contribution in [0.4, 0.5) is 10.7 Å².